The Kier molecular flexibility index (Phi) is 4.77. The maximum absolute atomic E-state index is 12.0. The van der Waals surface area contributed by atoms with E-state index in [1.54, 1.807) is 14.2 Å². The van der Waals surface area contributed by atoms with Gasteiger partial charge in [-0.2, -0.15) is 5.10 Å². The highest BCUT2D eigenvalue weighted by Gasteiger charge is 2.13. The minimum absolute atomic E-state index is 0.142. The SMILES string of the molecule is COc1ccc(CNC(=O)c2ccc(=O)[nH]n2)c(OC)c1C. The topological polar surface area (TPSA) is 93.3 Å². The van der Waals surface area contributed by atoms with Crippen molar-refractivity contribution in [1.82, 2.24) is 15.5 Å². The minimum atomic E-state index is -0.383. The molecular formula is C15H17N3O4. The van der Waals surface area contributed by atoms with E-state index in [1.807, 2.05) is 19.1 Å². The molecule has 22 heavy (non-hydrogen) atoms. The van der Waals surface area contributed by atoms with Crippen molar-refractivity contribution in [2.45, 2.75) is 13.5 Å². The zero-order valence-corrected chi connectivity index (χ0v) is 12.6. The Balaban J connectivity index is 2.14. The van der Waals surface area contributed by atoms with E-state index in [9.17, 15) is 9.59 Å². The van der Waals surface area contributed by atoms with Crippen LogP contribution in [0.2, 0.25) is 0 Å². The second-order valence-corrected chi connectivity index (χ2v) is 4.57. The lowest BCUT2D eigenvalue weighted by Gasteiger charge is -2.14. The summed E-state index contributed by atoms with van der Waals surface area (Å²) in [5, 5.41) is 8.63. The summed E-state index contributed by atoms with van der Waals surface area (Å²) in [7, 11) is 3.15. The molecule has 2 rings (SSSR count). The summed E-state index contributed by atoms with van der Waals surface area (Å²) in [5.74, 6) is 0.995. The van der Waals surface area contributed by atoms with Crippen LogP contribution in [0, 0.1) is 6.92 Å². The van der Waals surface area contributed by atoms with E-state index in [1.165, 1.54) is 12.1 Å². The lowest BCUT2D eigenvalue weighted by molar-refractivity contribution is 0.0944. The van der Waals surface area contributed by atoms with Gasteiger partial charge in [-0.3, -0.25) is 9.59 Å². The summed E-state index contributed by atoms with van der Waals surface area (Å²) in [6.07, 6.45) is 0. The van der Waals surface area contributed by atoms with Crippen LogP contribution in [0.4, 0.5) is 0 Å². The predicted octanol–water partition coefficient (Wildman–Crippen LogP) is 1.03. The number of aromatic amines is 1. The Labute approximate surface area is 127 Å². The largest absolute Gasteiger partial charge is 0.496 e. The van der Waals surface area contributed by atoms with E-state index in [-0.39, 0.29) is 23.7 Å². The van der Waals surface area contributed by atoms with E-state index in [0.717, 1.165) is 11.1 Å². The van der Waals surface area contributed by atoms with Gasteiger partial charge in [-0.05, 0) is 25.1 Å². The van der Waals surface area contributed by atoms with Crippen LogP contribution in [-0.4, -0.2) is 30.3 Å². The molecule has 1 amide bonds. The van der Waals surface area contributed by atoms with Gasteiger partial charge >= 0.3 is 0 Å². The standard InChI is InChI=1S/C15H17N3O4/c1-9-12(21-2)6-4-10(14(9)22-3)8-16-15(20)11-5-7-13(19)18-17-11/h4-7H,8H2,1-3H3,(H,16,20)(H,18,19). The van der Waals surface area contributed by atoms with Gasteiger partial charge in [-0.15, -0.1) is 0 Å². The fourth-order valence-electron chi connectivity index (χ4n) is 2.11. The van der Waals surface area contributed by atoms with Crippen LogP contribution >= 0.6 is 0 Å². The molecule has 0 radical (unpaired) electrons. The first kappa shape index (κ1) is 15.6. The van der Waals surface area contributed by atoms with Gasteiger partial charge in [0.2, 0.25) is 0 Å². The zero-order valence-electron chi connectivity index (χ0n) is 12.6. The highest BCUT2D eigenvalue weighted by atomic mass is 16.5. The second-order valence-electron chi connectivity index (χ2n) is 4.57. The molecular weight excluding hydrogens is 286 g/mol. The van der Waals surface area contributed by atoms with E-state index < -0.39 is 0 Å². The van der Waals surface area contributed by atoms with E-state index in [4.69, 9.17) is 9.47 Å². The fourth-order valence-corrected chi connectivity index (χ4v) is 2.11. The molecule has 0 aliphatic carbocycles. The van der Waals surface area contributed by atoms with Crippen LogP contribution in [-0.2, 0) is 6.54 Å². The molecule has 0 fully saturated rings. The molecule has 0 spiro atoms. The molecule has 7 nitrogen and oxygen atoms in total. The van der Waals surface area contributed by atoms with Gasteiger partial charge in [-0.25, -0.2) is 5.10 Å². The highest BCUT2D eigenvalue weighted by Crippen LogP contribution is 2.31. The van der Waals surface area contributed by atoms with Crippen LogP contribution in [0.15, 0.2) is 29.1 Å². The van der Waals surface area contributed by atoms with Crippen LogP contribution < -0.4 is 20.3 Å². The number of hydrogen-bond acceptors (Lipinski definition) is 5. The number of carbonyl (C=O) groups is 1. The number of carbonyl (C=O) groups excluding carboxylic acids is 1. The van der Waals surface area contributed by atoms with E-state index in [0.29, 0.717) is 11.5 Å². The lowest BCUT2D eigenvalue weighted by Crippen LogP contribution is -2.25. The number of nitrogens with zero attached hydrogens (tertiary/aromatic N) is 1. The average molecular weight is 303 g/mol. The third-order valence-electron chi connectivity index (χ3n) is 3.21. The summed E-state index contributed by atoms with van der Waals surface area (Å²) in [6.45, 7) is 2.15. The highest BCUT2D eigenvalue weighted by molar-refractivity contribution is 5.91. The molecule has 116 valence electrons. The Morgan fingerprint density at radius 1 is 1.23 bits per heavy atom. The molecule has 0 aliphatic heterocycles. The van der Waals surface area contributed by atoms with Crippen LogP contribution in [0.1, 0.15) is 21.6 Å². The summed E-state index contributed by atoms with van der Waals surface area (Å²) in [5.41, 5.74) is 1.46. The molecule has 0 saturated heterocycles. The number of nitrogens with one attached hydrogen (secondary N) is 2. The molecule has 1 heterocycles. The van der Waals surface area contributed by atoms with Crippen molar-refractivity contribution in [2.24, 2.45) is 0 Å². The Morgan fingerprint density at radius 2 is 2.00 bits per heavy atom. The molecule has 0 aliphatic rings. The first-order chi connectivity index (χ1) is 10.6. The van der Waals surface area contributed by atoms with Crippen molar-refractivity contribution in [1.29, 1.82) is 0 Å². The number of methoxy groups -OCH3 is 2. The normalized spacial score (nSPS) is 10.1. The maximum Gasteiger partial charge on any atom is 0.271 e. The molecule has 0 bridgehead atoms. The molecule has 2 N–H and O–H groups in total. The molecule has 2 aromatic rings. The van der Waals surface area contributed by atoms with Crippen molar-refractivity contribution in [3.8, 4) is 11.5 Å². The third-order valence-corrected chi connectivity index (χ3v) is 3.21. The van der Waals surface area contributed by atoms with Gasteiger partial charge in [0, 0.05) is 23.7 Å². The van der Waals surface area contributed by atoms with Crippen LogP contribution in [0.3, 0.4) is 0 Å². The Bertz CT molecular complexity index is 720. The number of rotatable bonds is 5. The molecule has 1 aromatic carbocycles. The average Bonchev–Trinajstić information content (AvgIpc) is 2.53. The quantitative estimate of drug-likeness (QED) is 0.860. The molecule has 0 saturated carbocycles. The van der Waals surface area contributed by atoms with Crippen molar-refractivity contribution < 1.29 is 14.3 Å². The minimum Gasteiger partial charge on any atom is -0.496 e. The number of benzene rings is 1. The molecule has 1 aromatic heterocycles. The Morgan fingerprint density at radius 3 is 2.59 bits per heavy atom. The van der Waals surface area contributed by atoms with Crippen molar-refractivity contribution in [3.05, 3.63) is 51.4 Å². The summed E-state index contributed by atoms with van der Waals surface area (Å²) in [4.78, 5) is 22.9. The number of hydrogen-bond donors (Lipinski definition) is 2. The second kappa shape index (κ2) is 6.75. The van der Waals surface area contributed by atoms with Crippen LogP contribution in [0.25, 0.3) is 0 Å². The third kappa shape index (κ3) is 3.25. The van der Waals surface area contributed by atoms with Crippen molar-refractivity contribution >= 4 is 5.91 Å². The summed E-state index contributed by atoms with van der Waals surface area (Å²) >= 11 is 0. The first-order valence-electron chi connectivity index (χ1n) is 6.61. The molecule has 0 unspecified atom stereocenters. The lowest BCUT2D eigenvalue weighted by atomic mass is 10.1. The Hall–Kier alpha value is -2.83. The molecule has 0 atom stereocenters. The smallest absolute Gasteiger partial charge is 0.271 e. The predicted molar refractivity (Wildman–Crippen MR) is 80.3 cm³/mol. The monoisotopic (exact) mass is 303 g/mol. The maximum atomic E-state index is 12.0. The summed E-state index contributed by atoms with van der Waals surface area (Å²) in [6, 6.07) is 6.26. The van der Waals surface area contributed by atoms with Gasteiger partial charge in [-0.1, -0.05) is 0 Å². The fraction of sp³-hybridized carbons (Fsp3) is 0.267. The van der Waals surface area contributed by atoms with Gasteiger partial charge in [0.1, 0.15) is 17.2 Å². The first-order valence-corrected chi connectivity index (χ1v) is 6.61. The number of amides is 1. The molecule has 7 heteroatoms. The van der Waals surface area contributed by atoms with Gasteiger partial charge in [0.15, 0.2) is 0 Å². The van der Waals surface area contributed by atoms with Crippen molar-refractivity contribution in [2.75, 3.05) is 14.2 Å². The van der Waals surface area contributed by atoms with E-state index >= 15 is 0 Å². The van der Waals surface area contributed by atoms with Gasteiger partial charge < -0.3 is 14.8 Å². The number of ether oxygens (including phenoxy) is 2. The number of H-pyrrole nitrogens is 1. The van der Waals surface area contributed by atoms with Crippen molar-refractivity contribution in [3.63, 3.8) is 0 Å². The number of aromatic nitrogens is 2. The van der Waals surface area contributed by atoms with Gasteiger partial charge in [0.05, 0.1) is 14.2 Å². The zero-order chi connectivity index (χ0) is 16.1. The van der Waals surface area contributed by atoms with E-state index in [2.05, 4.69) is 15.5 Å². The van der Waals surface area contributed by atoms with Crippen LogP contribution in [0.5, 0.6) is 11.5 Å². The van der Waals surface area contributed by atoms with Gasteiger partial charge in [0.25, 0.3) is 11.5 Å². The summed E-state index contributed by atoms with van der Waals surface area (Å²) < 4.78 is 10.6.